The first kappa shape index (κ1) is 13.4. The van der Waals surface area contributed by atoms with Crippen molar-refractivity contribution in [2.45, 2.75) is 25.5 Å². The highest BCUT2D eigenvalue weighted by Gasteiger charge is 2.38. The molecular formula is C13H17N3O3. The molecule has 0 aromatic heterocycles. The molecule has 2 rings (SSSR count). The van der Waals surface area contributed by atoms with Crippen LogP contribution in [0, 0.1) is 6.92 Å². The summed E-state index contributed by atoms with van der Waals surface area (Å²) in [6.07, 6.45) is -0.537. The third-order valence-corrected chi connectivity index (χ3v) is 3.36. The van der Waals surface area contributed by atoms with Gasteiger partial charge >= 0.3 is 0 Å². The maximum atomic E-state index is 12.4. The van der Waals surface area contributed by atoms with Crippen LogP contribution in [0.4, 0.5) is 5.69 Å². The summed E-state index contributed by atoms with van der Waals surface area (Å²) in [5.41, 5.74) is 12.6. The molecule has 2 unspecified atom stereocenters. The number of likely N-dealkylation sites (tertiary alicyclic amines) is 1. The van der Waals surface area contributed by atoms with Gasteiger partial charge in [0.05, 0.1) is 6.10 Å². The van der Waals surface area contributed by atoms with Gasteiger partial charge in [0.15, 0.2) is 0 Å². The summed E-state index contributed by atoms with van der Waals surface area (Å²) in [5.74, 6) is -0.934. The lowest BCUT2D eigenvalue weighted by Gasteiger charge is -2.22. The van der Waals surface area contributed by atoms with Gasteiger partial charge in [0.25, 0.3) is 5.91 Å². The number of nitrogens with two attached hydrogens (primary N) is 2. The minimum absolute atomic E-state index is 0.112. The highest BCUT2D eigenvalue weighted by molar-refractivity contribution is 5.99. The molecule has 1 aliphatic heterocycles. The van der Waals surface area contributed by atoms with Crippen LogP contribution in [0.3, 0.4) is 0 Å². The van der Waals surface area contributed by atoms with Gasteiger partial charge in [-0.2, -0.15) is 0 Å². The van der Waals surface area contributed by atoms with Gasteiger partial charge < -0.3 is 21.5 Å². The number of aryl methyl sites for hydroxylation is 1. The van der Waals surface area contributed by atoms with E-state index in [4.69, 9.17) is 11.5 Å². The predicted octanol–water partition coefficient (Wildman–Crippen LogP) is -0.362. The number of aliphatic hydroxyl groups is 1. The standard InChI is InChI=1S/C13H17N3O3/c1-7-2-3-8(14)4-10(7)13(19)16-6-9(17)5-11(16)12(15)18/h2-4,9,11,17H,5-6,14H2,1H3,(H2,15,18). The van der Waals surface area contributed by atoms with Crippen LogP contribution >= 0.6 is 0 Å². The summed E-state index contributed by atoms with van der Waals surface area (Å²) >= 11 is 0. The fraction of sp³-hybridized carbons (Fsp3) is 0.385. The van der Waals surface area contributed by atoms with Gasteiger partial charge in [-0.3, -0.25) is 9.59 Å². The molecular weight excluding hydrogens is 246 g/mol. The van der Waals surface area contributed by atoms with Crippen molar-refractivity contribution in [2.75, 3.05) is 12.3 Å². The third kappa shape index (κ3) is 2.53. The third-order valence-electron chi connectivity index (χ3n) is 3.36. The van der Waals surface area contributed by atoms with Crippen molar-refractivity contribution in [1.29, 1.82) is 0 Å². The summed E-state index contributed by atoms with van der Waals surface area (Å²) in [4.78, 5) is 25.1. The van der Waals surface area contributed by atoms with E-state index < -0.39 is 18.1 Å². The van der Waals surface area contributed by atoms with E-state index in [1.165, 1.54) is 4.90 Å². The minimum Gasteiger partial charge on any atom is -0.399 e. The summed E-state index contributed by atoms with van der Waals surface area (Å²) in [6.45, 7) is 1.90. The summed E-state index contributed by atoms with van der Waals surface area (Å²) in [5, 5.41) is 9.61. The van der Waals surface area contributed by atoms with Crippen molar-refractivity contribution < 1.29 is 14.7 Å². The van der Waals surface area contributed by atoms with Crippen LogP contribution in [-0.4, -0.2) is 40.5 Å². The fourth-order valence-electron chi connectivity index (χ4n) is 2.33. The molecule has 2 amide bonds. The first-order valence-electron chi connectivity index (χ1n) is 6.04. The zero-order valence-electron chi connectivity index (χ0n) is 10.7. The number of carbonyl (C=O) groups excluding carboxylic acids is 2. The van der Waals surface area contributed by atoms with Crippen molar-refractivity contribution in [2.24, 2.45) is 5.73 Å². The summed E-state index contributed by atoms with van der Waals surface area (Å²) < 4.78 is 0. The zero-order chi connectivity index (χ0) is 14.2. The number of nitrogens with zero attached hydrogens (tertiary/aromatic N) is 1. The Balaban J connectivity index is 2.33. The monoisotopic (exact) mass is 263 g/mol. The predicted molar refractivity (Wildman–Crippen MR) is 70.2 cm³/mol. The van der Waals surface area contributed by atoms with Gasteiger partial charge in [-0.25, -0.2) is 0 Å². The van der Waals surface area contributed by atoms with Crippen molar-refractivity contribution in [1.82, 2.24) is 4.90 Å². The van der Waals surface area contributed by atoms with Crippen LogP contribution in [0.2, 0.25) is 0 Å². The van der Waals surface area contributed by atoms with Crippen LogP contribution in [0.5, 0.6) is 0 Å². The van der Waals surface area contributed by atoms with E-state index in [1.54, 1.807) is 25.1 Å². The lowest BCUT2D eigenvalue weighted by Crippen LogP contribution is -2.44. The second kappa shape index (κ2) is 4.89. The van der Waals surface area contributed by atoms with Crippen molar-refractivity contribution in [3.05, 3.63) is 29.3 Å². The Morgan fingerprint density at radius 1 is 1.42 bits per heavy atom. The molecule has 102 valence electrons. The Labute approximate surface area is 111 Å². The molecule has 0 bridgehead atoms. The topological polar surface area (TPSA) is 110 Å². The molecule has 1 aromatic carbocycles. The van der Waals surface area contributed by atoms with Crippen LogP contribution < -0.4 is 11.5 Å². The Morgan fingerprint density at radius 3 is 2.74 bits per heavy atom. The molecule has 1 aliphatic rings. The van der Waals surface area contributed by atoms with Gasteiger partial charge in [-0.1, -0.05) is 6.07 Å². The number of anilines is 1. The Hall–Kier alpha value is -2.08. The molecule has 1 fully saturated rings. The average molecular weight is 263 g/mol. The van der Waals surface area contributed by atoms with E-state index in [0.717, 1.165) is 5.56 Å². The number of primary amides is 1. The largest absolute Gasteiger partial charge is 0.399 e. The average Bonchev–Trinajstić information content (AvgIpc) is 2.74. The highest BCUT2D eigenvalue weighted by atomic mass is 16.3. The van der Waals surface area contributed by atoms with E-state index >= 15 is 0 Å². The highest BCUT2D eigenvalue weighted by Crippen LogP contribution is 2.23. The van der Waals surface area contributed by atoms with E-state index in [2.05, 4.69) is 0 Å². The van der Waals surface area contributed by atoms with Gasteiger partial charge in [0, 0.05) is 24.2 Å². The van der Waals surface area contributed by atoms with Gasteiger partial charge in [0.2, 0.25) is 5.91 Å². The molecule has 2 atom stereocenters. The van der Waals surface area contributed by atoms with E-state index in [-0.39, 0.29) is 18.9 Å². The lowest BCUT2D eigenvalue weighted by atomic mass is 10.1. The Morgan fingerprint density at radius 2 is 2.11 bits per heavy atom. The van der Waals surface area contributed by atoms with Crippen LogP contribution in [-0.2, 0) is 4.79 Å². The number of nitrogen functional groups attached to an aromatic ring is 1. The minimum atomic E-state index is -0.761. The summed E-state index contributed by atoms with van der Waals surface area (Å²) in [7, 11) is 0. The molecule has 0 radical (unpaired) electrons. The Kier molecular flexibility index (Phi) is 3.44. The molecule has 1 saturated heterocycles. The molecule has 0 spiro atoms. The second-order valence-electron chi connectivity index (χ2n) is 4.84. The van der Waals surface area contributed by atoms with E-state index in [0.29, 0.717) is 11.3 Å². The van der Waals surface area contributed by atoms with Crippen molar-refractivity contribution in [3.8, 4) is 0 Å². The zero-order valence-corrected chi connectivity index (χ0v) is 10.7. The normalized spacial score (nSPS) is 22.5. The number of carbonyl (C=O) groups is 2. The lowest BCUT2D eigenvalue weighted by molar-refractivity contribution is -0.121. The molecule has 6 heteroatoms. The number of amides is 2. The number of hydrogen-bond donors (Lipinski definition) is 3. The van der Waals surface area contributed by atoms with E-state index in [1.807, 2.05) is 0 Å². The van der Waals surface area contributed by atoms with Crippen molar-refractivity contribution >= 4 is 17.5 Å². The number of benzene rings is 1. The second-order valence-corrected chi connectivity index (χ2v) is 4.84. The number of hydrogen-bond acceptors (Lipinski definition) is 4. The molecule has 6 nitrogen and oxygen atoms in total. The van der Waals surface area contributed by atoms with Gasteiger partial charge in [-0.15, -0.1) is 0 Å². The van der Waals surface area contributed by atoms with E-state index in [9.17, 15) is 14.7 Å². The Bertz CT molecular complexity index is 530. The SMILES string of the molecule is Cc1ccc(N)cc1C(=O)N1CC(O)CC1C(N)=O. The number of aliphatic hydroxyl groups excluding tert-OH is 1. The van der Waals surface area contributed by atoms with Crippen LogP contribution in [0.1, 0.15) is 22.3 Å². The molecule has 19 heavy (non-hydrogen) atoms. The maximum absolute atomic E-state index is 12.4. The van der Waals surface area contributed by atoms with Gasteiger partial charge in [0.1, 0.15) is 6.04 Å². The first-order chi connectivity index (χ1) is 8.90. The number of β-amino-alcohol motifs (C(OH)–C–C–N with tert-alkyl or cyclic N) is 1. The molecule has 0 aliphatic carbocycles. The van der Waals surface area contributed by atoms with Crippen LogP contribution in [0.25, 0.3) is 0 Å². The quantitative estimate of drug-likeness (QED) is 0.633. The van der Waals surface area contributed by atoms with Gasteiger partial charge in [-0.05, 0) is 24.6 Å². The van der Waals surface area contributed by atoms with Crippen LogP contribution in [0.15, 0.2) is 18.2 Å². The fourth-order valence-corrected chi connectivity index (χ4v) is 2.33. The molecule has 5 N–H and O–H groups in total. The summed E-state index contributed by atoms with van der Waals surface area (Å²) in [6, 6.07) is 4.26. The smallest absolute Gasteiger partial charge is 0.254 e. The molecule has 0 saturated carbocycles. The van der Waals surface area contributed by atoms with Crippen molar-refractivity contribution in [3.63, 3.8) is 0 Å². The molecule has 1 heterocycles. The molecule has 1 aromatic rings. The number of rotatable bonds is 2. The first-order valence-corrected chi connectivity index (χ1v) is 6.04. The maximum Gasteiger partial charge on any atom is 0.254 e.